The number of unbranched alkanes of at least 4 members (excludes halogenated alkanes) is 2. The minimum atomic E-state index is -4.04. The van der Waals surface area contributed by atoms with Crippen molar-refractivity contribution in [3.8, 4) is 0 Å². The Morgan fingerprint density at radius 3 is 1.80 bits per heavy atom. The molecule has 0 saturated carbocycles. The molecule has 0 spiro atoms. The Morgan fingerprint density at radius 2 is 1.17 bits per heavy atom. The number of anilines is 3. The van der Waals surface area contributed by atoms with Gasteiger partial charge in [0.15, 0.2) is 0 Å². The summed E-state index contributed by atoms with van der Waals surface area (Å²) >= 11 is 0. The molecule has 0 aliphatic carbocycles. The van der Waals surface area contributed by atoms with Gasteiger partial charge in [-0.1, -0.05) is 112 Å². The number of nitrogens with zero attached hydrogens (tertiary/aromatic N) is 3. The van der Waals surface area contributed by atoms with E-state index in [9.17, 15) is 36.0 Å². The molecule has 4 aliphatic heterocycles. The lowest BCUT2D eigenvalue weighted by Gasteiger charge is -2.28. The van der Waals surface area contributed by atoms with E-state index in [-0.39, 0.29) is 45.4 Å². The predicted octanol–water partition coefficient (Wildman–Crippen LogP) is 7.13. The third kappa shape index (κ3) is 8.59. The number of hydrogen-bond acceptors (Lipinski definition) is 11. The van der Waals surface area contributed by atoms with Crippen molar-refractivity contribution in [2.24, 2.45) is 0 Å². The second-order valence-electron chi connectivity index (χ2n) is 15.8. The average molecular weight is 913 g/mol. The van der Waals surface area contributed by atoms with Crippen LogP contribution < -0.4 is 20.9 Å². The number of rotatable bonds is 13. The number of carbonyl (C=O) groups excluding carboxylic acids is 4. The lowest BCUT2D eigenvalue weighted by molar-refractivity contribution is -0.123. The second kappa shape index (κ2) is 18.7. The zero-order valence-corrected chi connectivity index (χ0v) is 37.5. The van der Waals surface area contributed by atoms with Crippen molar-refractivity contribution in [1.29, 1.82) is 0 Å². The van der Waals surface area contributed by atoms with Crippen LogP contribution in [0.15, 0.2) is 139 Å². The molecular weight excluding hydrogens is 865 g/mol. The summed E-state index contributed by atoms with van der Waals surface area (Å²) in [5.41, 5.74) is 5.68. The molecule has 0 bridgehead atoms. The monoisotopic (exact) mass is 912 g/mol. The summed E-state index contributed by atoms with van der Waals surface area (Å²) in [5, 5.41) is 8.47. The predicted molar refractivity (Wildman–Crippen MR) is 250 cm³/mol. The first-order chi connectivity index (χ1) is 31.4. The molecule has 16 heteroatoms. The van der Waals surface area contributed by atoms with Gasteiger partial charge in [0.2, 0.25) is 0 Å². The number of para-hydroxylation sites is 1. The van der Waals surface area contributed by atoms with Crippen LogP contribution in [0, 0.1) is 0 Å². The molecule has 3 N–H and O–H groups in total. The van der Waals surface area contributed by atoms with Crippen molar-refractivity contribution in [1.82, 2.24) is 19.2 Å². The van der Waals surface area contributed by atoms with E-state index < -0.39 is 43.7 Å². The summed E-state index contributed by atoms with van der Waals surface area (Å²) in [5.74, 6) is -2.16. The Labute approximate surface area is 378 Å². The molecule has 334 valence electrons. The molecule has 4 aliphatic rings. The summed E-state index contributed by atoms with van der Waals surface area (Å²) in [6.07, 6.45) is 3.55. The van der Waals surface area contributed by atoms with Crippen molar-refractivity contribution < 1.29 is 36.0 Å². The quantitative estimate of drug-likeness (QED) is 0.102. The second-order valence-corrected chi connectivity index (χ2v) is 19.4. The lowest BCUT2D eigenvalue weighted by atomic mass is 9.99. The number of benzene rings is 5. The third-order valence-corrected chi connectivity index (χ3v) is 15.2. The number of imide groups is 1. The van der Waals surface area contributed by atoms with E-state index in [1.165, 1.54) is 29.3 Å². The van der Waals surface area contributed by atoms with Crippen molar-refractivity contribution in [3.63, 3.8) is 0 Å². The van der Waals surface area contributed by atoms with Crippen LogP contribution in [-0.4, -0.2) is 68.7 Å². The number of nitrogens with one attached hydrogen (secondary N) is 3. The number of fused-ring (bicyclic) bond motifs is 2. The van der Waals surface area contributed by atoms with E-state index >= 15 is 0 Å². The van der Waals surface area contributed by atoms with Gasteiger partial charge in [-0.25, -0.2) is 25.4 Å². The van der Waals surface area contributed by atoms with Gasteiger partial charge in [0, 0.05) is 36.7 Å². The summed E-state index contributed by atoms with van der Waals surface area (Å²) in [4.78, 5) is 52.4. The molecule has 0 atom stereocenters. The zero-order chi connectivity index (χ0) is 45.9. The van der Waals surface area contributed by atoms with E-state index in [1.807, 2.05) is 61.2 Å². The van der Waals surface area contributed by atoms with Gasteiger partial charge < -0.3 is 15.5 Å². The molecule has 0 fully saturated rings. The molecule has 0 aromatic heterocycles. The summed E-state index contributed by atoms with van der Waals surface area (Å²) in [6.45, 7) is 5.83. The number of sulfonamides is 2. The maximum atomic E-state index is 13.9. The van der Waals surface area contributed by atoms with E-state index in [4.69, 9.17) is 0 Å². The number of carbonyl (C=O) groups is 4. The van der Waals surface area contributed by atoms with Crippen molar-refractivity contribution >= 4 is 70.5 Å². The molecule has 5 aromatic carbocycles. The molecule has 0 radical (unpaired) electrons. The highest BCUT2D eigenvalue weighted by atomic mass is 32.2. The van der Waals surface area contributed by atoms with Crippen LogP contribution in [0.25, 0.3) is 9.81 Å². The zero-order valence-electron chi connectivity index (χ0n) is 35.9. The fourth-order valence-electron chi connectivity index (χ4n) is 8.22. The Balaban J connectivity index is 0.000000179. The van der Waals surface area contributed by atoms with Crippen LogP contribution in [0.5, 0.6) is 0 Å². The molecule has 0 unspecified atom stereocenters. The highest BCUT2D eigenvalue weighted by Crippen LogP contribution is 2.43. The van der Waals surface area contributed by atoms with Crippen LogP contribution in [0.1, 0.15) is 82.5 Å². The van der Waals surface area contributed by atoms with Crippen LogP contribution >= 0.6 is 0 Å². The first kappa shape index (κ1) is 44.7. The van der Waals surface area contributed by atoms with Gasteiger partial charge in [0.1, 0.15) is 21.2 Å². The van der Waals surface area contributed by atoms with Gasteiger partial charge in [0.25, 0.3) is 43.7 Å². The number of amides is 4. The van der Waals surface area contributed by atoms with Gasteiger partial charge in [-0.2, -0.15) is 0 Å². The van der Waals surface area contributed by atoms with E-state index in [0.717, 1.165) is 52.3 Å². The Hall–Kier alpha value is -6.88. The summed E-state index contributed by atoms with van der Waals surface area (Å²) < 4.78 is 56.0. The van der Waals surface area contributed by atoms with Crippen LogP contribution in [-0.2, 0) is 42.6 Å². The van der Waals surface area contributed by atoms with Gasteiger partial charge in [-0.15, -0.1) is 0 Å². The van der Waals surface area contributed by atoms with Crippen molar-refractivity contribution in [2.75, 3.05) is 29.9 Å². The van der Waals surface area contributed by atoms with E-state index in [2.05, 4.69) is 28.1 Å². The maximum absolute atomic E-state index is 13.9. The molecule has 65 heavy (non-hydrogen) atoms. The van der Waals surface area contributed by atoms with Gasteiger partial charge in [-0.3, -0.25) is 24.5 Å². The first-order valence-electron chi connectivity index (χ1n) is 21.5. The minimum Gasteiger partial charge on any atom is -0.350 e. The van der Waals surface area contributed by atoms with Gasteiger partial charge >= 0.3 is 0 Å². The maximum Gasteiger partial charge on any atom is 0.286 e. The fourth-order valence-corrected chi connectivity index (χ4v) is 11.7. The highest BCUT2D eigenvalue weighted by Gasteiger charge is 2.47. The molecule has 4 heterocycles. The highest BCUT2D eigenvalue weighted by molar-refractivity contribution is 8.00. The van der Waals surface area contributed by atoms with E-state index in [1.54, 1.807) is 54.6 Å². The average Bonchev–Trinajstić information content (AvgIpc) is 3.79. The Kier molecular flexibility index (Phi) is 12.9. The molecule has 9 rings (SSSR count). The SMILES string of the molecule is CCCCN1C(=O)C(N(c2ccccc2)c2ccc3c(c2)CCNC3)=C(c2ccccc2)S1(=O)=O.CCCCN1C(=O)C(Nc2ccc3c(c2)C(=O)NC3=O)=C(c2ccccc2)S1(=O)=O. The topological polar surface area (TPSA) is 182 Å². The Morgan fingerprint density at radius 1 is 0.600 bits per heavy atom. The van der Waals surface area contributed by atoms with Gasteiger partial charge in [-0.05, 0) is 90.5 Å². The van der Waals surface area contributed by atoms with Crippen LogP contribution in [0.4, 0.5) is 17.1 Å². The third-order valence-electron chi connectivity index (χ3n) is 11.5. The normalized spacial score (nSPS) is 17.1. The van der Waals surface area contributed by atoms with Crippen LogP contribution in [0.2, 0.25) is 0 Å². The molecule has 0 saturated heterocycles. The molecular formula is C49H48N6O8S2. The van der Waals surface area contributed by atoms with Crippen LogP contribution in [0.3, 0.4) is 0 Å². The standard InChI is InChI=1S/C28H29N3O3S.C21H19N3O5S/c1-2-3-18-30-28(32)26(27(35(30,33)34)21-10-6-4-7-11-21)31(24-12-8-5-9-13-24)25-15-14-23-20-29-17-16-22(23)19-25;1-2-3-11-24-21(27)17(18(30(24,28)29)13-7-5-4-6-8-13)22-14-9-10-15-16(12-14)20(26)23-19(15)25/h4-15,19,29H,2-3,16-18,20H2,1H3;4-10,12,22H,2-3,11H2,1H3,(H,23,25,26). The summed E-state index contributed by atoms with van der Waals surface area (Å²) in [6, 6.07) is 37.4. The Bertz CT molecular complexity index is 2980. The fraction of sp³-hybridized carbons (Fsp3) is 0.224. The molecule has 4 amide bonds. The minimum absolute atomic E-state index is 0.0578. The lowest BCUT2D eigenvalue weighted by Crippen LogP contribution is -2.34. The van der Waals surface area contributed by atoms with E-state index in [0.29, 0.717) is 29.7 Å². The molecule has 14 nitrogen and oxygen atoms in total. The summed E-state index contributed by atoms with van der Waals surface area (Å²) in [7, 11) is -8.05. The van der Waals surface area contributed by atoms with Gasteiger partial charge in [0.05, 0.1) is 11.1 Å². The number of hydrogen-bond donors (Lipinski definition) is 3. The first-order valence-corrected chi connectivity index (χ1v) is 24.4. The smallest absolute Gasteiger partial charge is 0.286 e. The largest absolute Gasteiger partial charge is 0.350 e. The van der Waals surface area contributed by atoms with Crippen molar-refractivity contribution in [3.05, 3.63) is 172 Å². The van der Waals surface area contributed by atoms with Crippen molar-refractivity contribution in [2.45, 2.75) is 52.5 Å². The molecule has 5 aromatic rings.